The predicted molar refractivity (Wildman–Crippen MR) is 136 cm³/mol. The second-order valence-corrected chi connectivity index (χ2v) is 8.83. The molecule has 1 aromatic heterocycles. The van der Waals surface area contributed by atoms with E-state index < -0.39 is 10.8 Å². The Morgan fingerprint density at radius 1 is 1.03 bits per heavy atom. The molecule has 3 rings (SSSR count). The maximum absolute atomic E-state index is 12.7. The third-order valence-electron chi connectivity index (χ3n) is 5.70. The minimum Gasteiger partial charge on any atom is -0.371 e. The van der Waals surface area contributed by atoms with Crippen LogP contribution in [0, 0.1) is 10.1 Å². The number of rotatable bonds is 9. The highest BCUT2D eigenvalue weighted by atomic mass is 16.6. The first-order valence-corrected chi connectivity index (χ1v) is 11.3. The lowest BCUT2D eigenvalue weighted by atomic mass is 10.0. The van der Waals surface area contributed by atoms with Crippen molar-refractivity contribution < 1.29 is 14.5 Å². The zero-order valence-electron chi connectivity index (χ0n) is 20.2. The third-order valence-corrected chi connectivity index (χ3v) is 5.70. The van der Waals surface area contributed by atoms with Crippen LogP contribution in [0.3, 0.4) is 0 Å². The fourth-order valence-corrected chi connectivity index (χ4v) is 3.26. The molecule has 0 saturated heterocycles. The highest BCUT2D eigenvalue weighted by Gasteiger charge is 2.21. The monoisotopic (exact) mass is 475 g/mol. The van der Waals surface area contributed by atoms with Gasteiger partial charge in [0.05, 0.1) is 16.7 Å². The Hall–Kier alpha value is -4.27. The lowest BCUT2D eigenvalue weighted by Crippen LogP contribution is -2.42. The van der Waals surface area contributed by atoms with Crippen molar-refractivity contribution in [1.82, 2.24) is 10.3 Å². The molecular weight excluding hydrogens is 446 g/mol. The molecule has 0 aliphatic carbocycles. The Labute approximate surface area is 204 Å². The first-order valence-electron chi connectivity index (χ1n) is 11.3. The van der Waals surface area contributed by atoms with E-state index in [2.05, 4.69) is 20.9 Å². The van der Waals surface area contributed by atoms with Crippen molar-refractivity contribution in [3.8, 4) is 0 Å². The molecular formula is C26H29N5O4. The highest BCUT2D eigenvalue weighted by molar-refractivity contribution is 6.05. The smallest absolute Gasteiger partial charge is 0.293 e. The summed E-state index contributed by atoms with van der Waals surface area (Å²) >= 11 is 0. The van der Waals surface area contributed by atoms with Crippen molar-refractivity contribution in [2.75, 3.05) is 10.6 Å². The number of nitrogens with one attached hydrogen (secondary N) is 3. The van der Waals surface area contributed by atoms with Crippen LogP contribution in [0.1, 0.15) is 66.6 Å². The summed E-state index contributed by atoms with van der Waals surface area (Å²) in [5.41, 5.74) is 1.56. The number of aromatic nitrogens is 1. The zero-order chi connectivity index (χ0) is 25.6. The van der Waals surface area contributed by atoms with E-state index in [1.807, 2.05) is 39.8 Å². The molecule has 3 aromatic rings. The normalized spacial score (nSPS) is 11.9. The molecule has 1 unspecified atom stereocenters. The number of carbonyl (C=O) groups excluding carboxylic acids is 2. The van der Waals surface area contributed by atoms with Crippen LogP contribution in [0.4, 0.5) is 17.1 Å². The van der Waals surface area contributed by atoms with Gasteiger partial charge in [0.1, 0.15) is 5.69 Å². The van der Waals surface area contributed by atoms with E-state index in [1.54, 1.807) is 36.5 Å². The SMILES string of the molecule is CCC(C)(C)NC(=O)c1ccc(NC(=O)c2ccc(NC(C)c3ccccn3)c([N+](=O)[O-])c2)cc1. The summed E-state index contributed by atoms with van der Waals surface area (Å²) < 4.78 is 0. The number of anilines is 2. The molecule has 2 aromatic carbocycles. The highest BCUT2D eigenvalue weighted by Crippen LogP contribution is 2.29. The average molecular weight is 476 g/mol. The molecule has 0 spiro atoms. The van der Waals surface area contributed by atoms with E-state index >= 15 is 0 Å². The Morgan fingerprint density at radius 2 is 1.71 bits per heavy atom. The number of nitrogens with zero attached hydrogens (tertiary/aromatic N) is 2. The van der Waals surface area contributed by atoms with Crippen molar-refractivity contribution in [3.05, 3.63) is 93.8 Å². The Morgan fingerprint density at radius 3 is 2.31 bits per heavy atom. The maximum atomic E-state index is 12.7. The number of pyridine rings is 1. The lowest BCUT2D eigenvalue weighted by Gasteiger charge is -2.24. The van der Waals surface area contributed by atoms with Gasteiger partial charge in [-0.15, -0.1) is 0 Å². The zero-order valence-corrected chi connectivity index (χ0v) is 20.2. The van der Waals surface area contributed by atoms with Gasteiger partial charge in [-0.3, -0.25) is 24.7 Å². The fourth-order valence-electron chi connectivity index (χ4n) is 3.26. The summed E-state index contributed by atoms with van der Waals surface area (Å²) in [5, 5.41) is 20.4. The first-order chi connectivity index (χ1) is 16.6. The summed E-state index contributed by atoms with van der Waals surface area (Å²) in [6.07, 6.45) is 2.44. The first kappa shape index (κ1) is 25.4. The van der Waals surface area contributed by atoms with Crippen molar-refractivity contribution in [2.45, 2.75) is 45.7 Å². The van der Waals surface area contributed by atoms with Gasteiger partial charge in [-0.1, -0.05) is 13.0 Å². The van der Waals surface area contributed by atoms with Crippen molar-refractivity contribution >= 4 is 28.9 Å². The van der Waals surface area contributed by atoms with Crippen LogP contribution >= 0.6 is 0 Å². The molecule has 9 heteroatoms. The van der Waals surface area contributed by atoms with Crippen LogP contribution in [-0.2, 0) is 0 Å². The number of benzene rings is 2. The number of hydrogen-bond donors (Lipinski definition) is 3. The molecule has 35 heavy (non-hydrogen) atoms. The molecule has 3 N–H and O–H groups in total. The van der Waals surface area contributed by atoms with Crippen LogP contribution in [0.25, 0.3) is 0 Å². The summed E-state index contributed by atoms with van der Waals surface area (Å²) in [5.74, 6) is -0.699. The van der Waals surface area contributed by atoms with Crippen LogP contribution < -0.4 is 16.0 Å². The molecule has 0 aliphatic rings. The molecule has 0 aliphatic heterocycles. The fraction of sp³-hybridized carbons (Fsp3) is 0.269. The quantitative estimate of drug-likeness (QED) is 0.283. The maximum Gasteiger partial charge on any atom is 0.293 e. The van der Waals surface area contributed by atoms with Gasteiger partial charge >= 0.3 is 0 Å². The molecule has 0 radical (unpaired) electrons. The van der Waals surface area contributed by atoms with Crippen LogP contribution in [0.2, 0.25) is 0 Å². The van der Waals surface area contributed by atoms with Crippen molar-refractivity contribution in [1.29, 1.82) is 0 Å². The second kappa shape index (κ2) is 10.8. The van der Waals surface area contributed by atoms with Gasteiger partial charge in [0, 0.05) is 34.6 Å². The van der Waals surface area contributed by atoms with Gasteiger partial charge < -0.3 is 16.0 Å². The average Bonchev–Trinajstić information content (AvgIpc) is 2.84. The van der Waals surface area contributed by atoms with E-state index in [0.29, 0.717) is 11.3 Å². The van der Waals surface area contributed by atoms with Crippen LogP contribution in [-0.4, -0.2) is 27.3 Å². The summed E-state index contributed by atoms with van der Waals surface area (Å²) in [6, 6.07) is 15.9. The van der Waals surface area contributed by atoms with Crippen LogP contribution in [0.5, 0.6) is 0 Å². The number of nitro groups is 1. The number of nitro benzene ring substituents is 1. The van der Waals surface area contributed by atoms with Crippen molar-refractivity contribution in [3.63, 3.8) is 0 Å². The minimum atomic E-state index is -0.532. The number of amides is 2. The predicted octanol–water partition coefficient (Wildman–Crippen LogP) is 5.33. The van der Waals surface area contributed by atoms with Gasteiger partial charge in [-0.2, -0.15) is 0 Å². The molecule has 182 valence electrons. The standard InChI is InChI=1S/C26H29N5O4/c1-5-26(3,4)30-25(33)18-9-12-20(13-10-18)29-24(32)19-11-14-22(23(16-19)31(34)35)28-17(2)21-8-6-7-15-27-21/h6-17,28H,5H2,1-4H3,(H,29,32)(H,30,33). The second-order valence-electron chi connectivity index (χ2n) is 8.83. The summed E-state index contributed by atoms with van der Waals surface area (Å²) in [6.45, 7) is 7.73. The van der Waals surface area contributed by atoms with E-state index in [9.17, 15) is 19.7 Å². The van der Waals surface area contributed by atoms with Crippen LogP contribution in [0.15, 0.2) is 66.9 Å². The molecule has 0 saturated carbocycles. The largest absolute Gasteiger partial charge is 0.371 e. The molecule has 1 atom stereocenters. The Bertz CT molecular complexity index is 1210. The van der Waals surface area contributed by atoms with Gasteiger partial charge in [-0.25, -0.2) is 0 Å². The Balaban J connectivity index is 1.72. The molecule has 0 bridgehead atoms. The lowest BCUT2D eigenvalue weighted by molar-refractivity contribution is -0.384. The summed E-state index contributed by atoms with van der Waals surface area (Å²) in [7, 11) is 0. The third kappa shape index (κ3) is 6.63. The topological polar surface area (TPSA) is 126 Å². The van der Waals surface area contributed by atoms with E-state index in [0.717, 1.165) is 12.1 Å². The summed E-state index contributed by atoms with van der Waals surface area (Å²) in [4.78, 5) is 40.6. The van der Waals surface area contributed by atoms with Gasteiger partial charge in [0.25, 0.3) is 17.5 Å². The van der Waals surface area contributed by atoms with E-state index in [-0.39, 0.29) is 34.4 Å². The van der Waals surface area contributed by atoms with Crippen molar-refractivity contribution in [2.24, 2.45) is 0 Å². The van der Waals surface area contributed by atoms with Gasteiger partial charge in [0.15, 0.2) is 0 Å². The molecule has 0 fully saturated rings. The Kier molecular flexibility index (Phi) is 7.80. The van der Waals surface area contributed by atoms with Gasteiger partial charge in [0.2, 0.25) is 0 Å². The molecule has 2 amide bonds. The minimum absolute atomic E-state index is 0.138. The van der Waals surface area contributed by atoms with Gasteiger partial charge in [-0.05, 0) is 75.7 Å². The number of carbonyl (C=O) groups is 2. The van der Waals surface area contributed by atoms with E-state index in [1.165, 1.54) is 18.2 Å². The molecule has 9 nitrogen and oxygen atoms in total. The molecule has 1 heterocycles. The van der Waals surface area contributed by atoms with E-state index in [4.69, 9.17) is 0 Å². The number of hydrogen-bond acceptors (Lipinski definition) is 6.